The van der Waals surface area contributed by atoms with Crippen LogP contribution in [0, 0.1) is 0 Å². The van der Waals surface area contributed by atoms with Crippen LogP contribution in [0.2, 0.25) is 5.02 Å². The van der Waals surface area contributed by atoms with Crippen LogP contribution >= 0.6 is 11.6 Å². The van der Waals surface area contributed by atoms with Crippen LogP contribution in [-0.4, -0.2) is 56.9 Å². The minimum Gasteiger partial charge on any atom is -0.497 e. The van der Waals surface area contributed by atoms with Gasteiger partial charge in [0.15, 0.2) is 11.5 Å². The number of benzene rings is 3. The second kappa shape index (κ2) is 18.9. The lowest BCUT2D eigenvalue weighted by molar-refractivity contribution is 0.224. The molecular formula is C47H59ClN4O3. The zero-order valence-corrected chi connectivity index (χ0v) is 34.5. The highest BCUT2D eigenvalue weighted by molar-refractivity contribution is 6.30. The molecular weight excluding hydrogens is 704 g/mol. The number of likely N-dealkylation sites (tertiary alicyclic amines) is 1. The van der Waals surface area contributed by atoms with Gasteiger partial charge >= 0.3 is 0 Å². The monoisotopic (exact) mass is 762 g/mol. The summed E-state index contributed by atoms with van der Waals surface area (Å²) in [5, 5.41) is 4.33. The first kappa shape index (κ1) is 40.2. The highest BCUT2D eigenvalue weighted by Crippen LogP contribution is 2.49. The number of pyridine rings is 1. The van der Waals surface area contributed by atoms with Crippen molar-refractivity contribution in [2.75, 3.05) is 45.9 Å². The van der Waals surface area contributed by atoms with Crippen LogP contribution in [0.3, 0.4) is 0 Å². The molecule has 2 atom stereocenters. The van der Waals surface area contributed by atoms with Crippen molar-refractivity contribution in [1.82, 2.24) is 15.2 Å². The van der Waals surface area contributed by atoms with E-state index in [0.717, 1.165) is 78.8 Å². The third kappa shape index (κ3) is 9.86. The fourth-order valence-corrected chi connectivity index (χ4v) is 7.96. The van der Waals surface area contributed by atoms with E-state index in [0.29, 0.717) is 17.9 Å². The molecule has 4 aromatic rings. The van der Waals surface area contributed by atoms with E-state index < -0.39 is 0 Å². The fraction of sp³-hybridized carbons (Fsp3) is 0.426. The van der Waals surface area contributed by atoms with Crippen molar-refractivity contribution >= 4 is 17.3 Å². The zero-order valence-electron chi connectivity index (χ0n) is 33.8. The number of nitrogens with one attached hydrogen (secondary N) is 1. The lowest BCUT2D eigenvalue weighted by Gasteiger charge is -2.40. The van der Waals surface area contributed by atoms with Crippen molar-refractivity contribution in [2.45, 2.75) is 90.3 Å². The van der Waals surface area contributed by atoms with Crippen LogP contribution in [0.4, 0.5) is 5.69 Å². The molecule has 0 bridgehead atoms. The fourth-order valence-electron chi connectivity index (χ4n) is 7.84. The van der Waals surface area contributed by atoms with E-state index in [1.54, 1.807) is 21.3 Å². The number of methoxy groups -OCH3 is 3. The van der Waals surface area contributed by atoms with Crippen LogP contribution in [0.1, 0.15) is 99.9 Å². The van der Waals surface area contributed by atoms with Crippen molar-refractivity contribution in [1.29, 1.82) is 0 Å². The average molecular weight is 763 g/mol. The molecule has 1 aromatic heterocycles. The molecule has 2 fully saturated rings. The summed E-state index contributed by atoms with van der Waals surface area (Å²) in [6, 6.07) is 22.1. The second-order valence-corrected chi connectivity index (χ2v) is 15.3. The highest BCUT2D eigenvalue weighted by atomic mass is 35.5. The van der Waals surface area contributed by atoms with Gasteiger partial charge in [0.2, 0.25) is 0 Å². The largest absolute Gasteiger partial charge is 0.497 e. The minimum absolute atomic E-state index is 0.120. The molecule has 2 unspecified atom stereocenters. The summed E-state index contributed by atoms with van der Waals surface area (Å²) in [5.41, 5.74) is 9.69. The molecule has 2 aliphatic heterocycles. The number of rotatable bonds is 14. The Balaban J connectivity index is 0.00000253. The van der Waals surface area contributed by atoms with E-state index in [1.807, 2.05) is 38.4 Å². The maximum Gasteiger partial charge on any atom is 0.164 e. The standard InChI is InChI=1S/C45H53ClN4O3.C2H6/c1-6-30(2)34-21-36(23-41(22-34)51-3)43-20-31(13-16-48-43)28-49-17-14-40(15-18-49)50(39-11-9-38(46)10-12-39)29-32-19-37(27-47-26-32)35-24-42(33-7-8-33)45(53-5)44(25-35)52-4;1-2/h9-13,16,19-27,30,33,40,43,48H,6-8,14-15,17-18,28-29H2,1-5H3;1-2H3. The van der Waals surface area contributed by atoms with Gasteiger partial charge < -0.3 is 24.4 Å². The van der Waals surface area contributed by atoms with Crippen LogP contribution < -0.4 is 24.4 Å². The van der Waals surface area contributed by atoms with Gasteiger partial charge in [0.25, 0.3) is 0 Å². The third-order valence-corrected chi connectivity index (χ3v) is 11.5. The Hall–Kier alpha value is -4.46. The highest BCUT2D eigenvalue weighted by Gasteiger charge is 2.30. The van der Waals surface area contributed by atoms with Crippen LogP contribution in [0.25, 0.3) is 11.1 Å². The Morgan fingerprint density at radius 1 is 0.891 bits per heavy atom. The Labute approximate surface area is 334 Å². The summed E-state index contributed by atoms with van der Waals surface area (Å²) in [6.07, 6.45) is 16.3. The lowest BCUT2D eigenvalue weighted by Crippen LogP contribution is -2.45. The van der Waals surface area contributed by atoms with E-state index in [2.05, 4.69) is 95.8 Å². The number of hydrogen-bond donors (Lipinski definition) is 1. The Morgan fingerprint density at radius 3 is 2.33 bits per heavy atom. The van der Waals surface area contributed by atoms with Crippen molar-refractivity contribution < 1.29 is 14.2 Å². The first-order valence-electron chi connectivity index (χ1n) is 20.1. The first-order valence-corrected chi connectivity index (χ1v) is 20.5. The number of anilines is 1. The van der Waals surface area contributed by atoms with E-state index in [9.17, 15) is 0 Å². The SMILES string of the molecule is CC.CCC(C)c1cc(OC)cc(C2C=C(CN3CCC(N(Cc4cncc(-c5cc(OC)c(OC)c(C6CC6)c5)c4)c4ccc(Cl)cc4)CC3)C=CN2)c1. The molecule has 3 aromatic carbocycles. The first-order chi connectivity index (χ1) is 26.8. The van der Waals surface area contributed by atoms with Crippen molar-refractivity contribution in [2.24, 2.45) is 0 Å². The lowest BCUT2D eigenvalue weighted by atomic mass is 9.93. The normalized spacial score (nSPS) is 17.7. The van der Waals surface area contributed by atoms with Crippen molar-refractivity contribution in [3.8, 4) is 28.4 Å². The van der Waals surface area contributed by atoms with Gasteiger partial charge in [-0.3, -0.25) is 9.88 Å². The maximum absolute atomic E-state index is 6.37. The molecule has 1 N–H and O–H groups in total. The molecule has 3 aliphatic rings. The molecule has 0 spiro atoms. The number of dihydropyridines is 1. The molecule has 7 nitrogen and oxygen atoms in total. The third-order valence-electron chi connectivity index (χ3n) is 11.2. The molecule has 3 heterocycles. The molecule has 8 heteroatoms. The van der Waals surface area contributed by atoms with Gasteiger partial charge in [0.1, 0.15) is 5.75 Å². The summed E-state index contributed by atoms with van der Waals surface area (Å²) in [5.74, 6) is 3.55. The molecule has 7 rings (SSSR count). The van der Waals surface area contributed by atoms with E-state index in [-0.39, 0.29) is 6.04 Å². The molecule has 1 saturated heterocycles. The Bertz CT molecular complexity index is 1930. The van der Waals surface area contributed by atoms with Gasteiger partial charge in [-0.2, -0.15) is 0 Å². The molecule has 1 aliphatic carbocycles. The van der Waals surface area contributed by atoms with Crippen molar-refractivity contribution in [3.63, 3.8) is 0 Å². The second-order valence-electron chi connectivity index (χ2n) is 14.8. The molecule has 55 heavy (non-hydrogen) atoms. The van der Waals surface area contributed by atoms with E-state index in [1.165, 1.54) is 46.4 Å². The molecule has 292 valence electrons. The summed E-state index contributed by atoms with van der Waals surface area (Å²) >= 11 is 6.37. The number of ether oxygens (including phenoxy) is 3. The molecule has 0 radical (unpaired) electrons. The smallest absolute Gasteiger partial charge is 0.164 e. The van der Waals surface area contributed by atoms with Crippen LogP contribution in [0.15, 0.2) is 97.0 Å². The maximum atomic E-state index is 6.37. The van der Waals surface area contributed by atoms with Gasteiger partial charge in [-0.15, -0.1) is 0 Å². The number of hydrogen-bond acceptors (Lipinski definition) is 7. The van der Waals surface area contributed by atoms with Crippen molar-refractivity contribution in [3.05, 3.63) is 124 Å². The quantitative estimate of drug-likeness (QED) is 0.137. The van der Waals surface area contributed by atoms with Gasteiger partial charge in [-0.1, -0.05) is 51.4 Å². The summed E-state index contributed by atoms with van der Waals surface area (Å²) in [7, 11) is 5.20. The van der Waals surface area contributed by atoms with Gasteiger partial charge in [-0.05, 0) is 139 Å². The predicted octanol–water partition coefficient (Wildman–Crippen LogP) is 11.1. The average Bonchev–Trinajstić information content (AvgIpc) is 4.09. The number of halogens is 1. The van der Waals surface area contributed by atoms with Crippen LogP contribution in [0.5, 0.6) is 17.2 Å². The summed E-state index contributed by atoms with van der Waals surface area (Å²) in [4.78, 5) is 9.89. The van der Waals surface area contributed by atoms with Gasteiger partial charge in [0, 0.05) is 66.5 Å². The summed E-state index contributed by atoms with van der Waals surface area (Å²) in [6.45, 7) is 12.3. The molecule has 1 saturated carbocycles. The van der Waals surface area contributed by atoms with Gasteiger partial charge in [0.05, 0.1) is 27.4 Å². The topological polar surface area (TPSA) is 59.1 Å². The van der Waals surface area contributed by atoms with Crippen LogP contribution in [-0.2, 0) is 6.54 Å². The number of nitrogens with zero attached hydrogens (tertiary/aromatic N) is 3. The van der Waals surface area contributed by atoms with Gasteiger partial charge in [-0.25, -0.2) is 0 Å². The van der Waals surface area contributed by atoms with E-state index in [4.69, 9.17) is 30.8 Å². The summed E-state index contributed by atoms with van der Waals surface area (Å²) < 4.78 is 17.3. The molecule has 0 amide bonds. The predicted molar refractivity (Wildman–Crippen MR) is 228 cm³/mol. The Morgan fingerprint density at radius 2 is 1.65 bits per heavy atom. The Kier molecular flexibility index (Phi) is 13.8. The number of piperidine rings is 1. The zero-order chi connectivity index (χ0) is 38.9. The minimum atomic E-state index is 0.120. The van der Waals surface area contributed by atoms with E-state index >= 15 is 0 Å². The number of aromatic nitrogens is 1.